The van der Waals surface area contributed by atoms with Gasteiger partial charge in [0.15, 0.2) is 0 Å². The number of carbonyl (C=O) groups is 1. The lowest BCUT2D eigenvalue weighted by atomic mass is 10.1. The summed E-state index contributed by atoms with van der Waals surface area (Å²) in [7, 11) is 0. The average molecular weight is 307 g/mol. The number of rotatable bonds is 6. The fourth-order valence-corrected chi connectivity index (χ4v) is 2.43. The summed E-state index contributed by atoms with van der Waals surface area (Å²) in [5, 5.41) is 12.0. The van der Waals surface area contributed by atoms with Gasteiger partial charge in [-0.3, -0.25) is 0 Å². The van der Waals surface area contributed by atoms with Crippen LogP contribution in [0.5, 0.6) is 0 Å². The molecule has 0 radical (unpaired) electrons. The third-order valence-corrected chi connectivity index (χ3v) is 3.53. The van der Waals surface area contributed by atoms with Gasteiger partial charge < -0.3 is 10.4 Å². The summed E-state index contributed by atoms with van der Waals surface area (Å²) in [6, 6.07) is 2.74. The van der Waals surface area contributed by atoms with Crippen molar-refractivity contribution in [2.75, 3.05) is 17.3 Å². The Morgan fingerprint density at radius 1 is 1.45 bits per heavy atom. The first-order chi connectivity index (χ1) is 9.29. The Labute approximate surface area is 119 Å². The van der Waals surface area contributed by atoms with Crippen molar-refractivity contribution in [2.24, 2.45) is 0 Å². The number of hydrogen-bond donors (Lipinski definition) is 2. The highest BCUT2D eigenvalue weighted by Gasteiger charge is 2.32. The third-order valence-electron chi connectivity index (χ3n) is 2.80. The standard InChI is InChI=1S/C13H16F3NO2S/c1-3-9(7-20-2)17-11-5-4-8(13(14,15)16)6-10(11)12(18)19/h4-6,9,17H,3,7H2,1-2H3,(H,18,19). The highest BCUT2D eigenvalue weighted by Crippen LogP contribution is 2.32. The molecule has 1 unspecified atom stereocenters. The van der Waals surface area contributed by atoms with E-state index < -0.39 is 17.7 Å². The molecule has 0 amide bonds. The molecule has 0 saturated heterocycles. The van der Waals surface area contributed by atoms with Gasteiger partial charge in [-0.1, -0.05) is 6.92 Å². The summed E-state index contributed by atoms with van der Waals surface area (Å²) < 4.78 is 37.8. The molecule has 0 bridgehead atoms. The fourth-order valence-electron chi connectivity index (χ4n) is 1.71. The minimum atomic E-state index is -4.55. The van der Waals surface area contributed by atoms with Crippen LogP contribution >= 0.6 is 11.8 Å². The Balaban J connectivity index is 3.10. The van der Waals surface area contributed by atoms with Crippen LogP contribution in [0.3, 0.4) is 0 Å². The number of alkyl halides is 3. The summed E-state index contributed by atoms with van der Waals surface area (Å²) in [5.41, 5.74) is -1.11. The molecule has 0 aromatic heterocycles. The average Bonchev–Trinajstić information content (AvgIpc) is 2.36. The van der Waals surface area contributed by atoms with Crippen LogP contribution in [0.25, 0.3) is 0 Å². The Hall–Kier alpha value is -1.37. The molecule has 2 N–H and O–H groups in total. The first-order valence-corrected chi connectivity index (χ1v) is 7.39. The number of halogens is 3. The van der Waals surface area contributed by atoms with Crippen molar-refractivity contribution in [3.8, 4) is 0 Å². The van der Waals surface area contributed by atoms with Crippen LogP contribution < -0.4 is 5.32 Å². The summed E-state index contributed by atoms with van der Waals surface area (Å²) >= 11 is 1.59. The fraction of sp³-hybridized carbons (Fsp3) is 0.462. The highest BCUT2D eigenvalue weighted by molar-refractivity contribution is 7.98. The van der Waals surface area contributed by atoms with Crippen LogP contribution in [0.2, 0.25) is 0 Å². The molecule has 1 aromatic carbocycles. The van der Waals surface area contributed by atoms with Gasteiger partial charge in [0.2, 0.25) is 0 Å². The maximum absolute atomic E-state index is 12.6. The smallest absolute Gasteiger partial charge is 0.416 e. The topological polar surface area (TPSA) is 49.3 Å². The Morgan fingerprint density at radius 3 is 2.55 bits per heavy atom. The molecule has 7 heteroatoms. The lowest BCUT2D eigenvalue weighted by Gasteiger charge is -2.19. The Morgan fingerprint density at radius 2 is 2.10 bits per heavy atom. The van der Waals surface area contributed by atoms with Crippen molar-refractivity contribution in [1.29, 1.82) is 0 Å². The van der Waals surface area contributed by atoms with Crippen LogP contribution in [-0.4, -0.2) is 29.1 Å². The maximum atomic E-state index is 12.6. The van der Waals surface area contributed by atoms with Gasteiger partial charge in [-0.2, -0.15) is 24.9 Å². The second-order valence-electron chi connectivity index (χ2n) is 4.27. The minimum Gasteiger partial charge on any atom is -0.478 e. The van der Waals surface area contributed by atoms with Crippen LogP contribution in [0.15, 0.2) is 18.2 Å². The van der Waals surface area contributed by atoms with Crippen LogP contribution in [0.1, 0.15) is 29.3 Å². The first kappa shape index (κ1) is 16.7. The third kappa shape index (κ3) is 4.33. The number of benzene rings is 1. The molecule has 112 valence electrons. The van der Waals surface area contributed by atoms with E-state index in [1.54, 1.807) is 11.8 Å². The monoisotopic (exact) mass is 307 g/mol. The Kier molecular flexibility index (Phi) is 5.74. The molecular weight excluding hydrogens is 291 g/mol. The summed E-state index contributed by atoms with van der Waals surface area (Å²) in [4.78, 5) is 11.1. The molecule has 0 spiro atoms. The predicted molar refractivity (Wildman–Crippen MR) is 74.5 cm³/mol. The summed E-state index contributed by atoms with van der Waals surface area (Å²) in [6.45, 7) is 1.93. The molecule has 0 aliphatic heterocycles. The number of anilines is 1. The summed E-state index contributed by atoms with van der Waals surface area (Å²) in [6.07, 6.45) is -1.89. The second-order valence-corrected chi connectivity index (χ2v) is 5.18. The molecule has 0 aliphatic carbocycles. The molecule has 1 rings (SSSR count). The van der Waals surface area contributed by atoms with E-state index in [2.05, 4.69) is 5.32 Å². The van der Waals surface area contributed by atoms with Gasteiger partial charge in [-0.25, -0.2) is 4.79 Å². The minimum absolute atomic E-state index is 0.0137. The zero-order valence-corrected chi connectivity index (χ0v) is 11.9. The van der Waals surface area contributed by atoms with Gasteiger partial charge >= 0.3 is 12.1 Å². The maximum Gasteiger partial charge on any atom is 0.416 e. The van der Waals surface area contributed by atoms with Crippen LogP contribution in [0.4, 0.5) is 18.9 Å². The summed E-state index contributed by atoms with van der Waals surface area (Å²) in [5.74, 6) is -0.631. The molecule has 0 heterocycles. The van der Waals surface area contributed by atoms with Gasteiger partial charge in [0.05, 0.1) is 11.1 Å². The number of thioether (sulfide) groups is 1. The largest absolute Gasteiger partial charge is 0.478 e. The van der Waals surface area contributed by atoms with E-state index in [9.17, 15) is 18.0 Å². The van der Waals surface area contributed by atoms with Crippen molar-refractivity contribution in [3.05, 3.63) is 29.3 Å². The molecule has 3 nitrogen and oxygen atoms in total. The number of carboxylic acid groups (broad SMARTS) is 1. The molecule has 20 heavy (non-hydrogen) atoms. The van der Waals surface area contributed by atoms with Gasteiger partial charge in [-0.05, 0) is 30.9 Å². The molecule has 1 atom stereocenters. The van der Waals surface area contributed by atoms with Crippen LogP contribution in [-0.2, 0) is 6.18 Å². The Bertz CT molecular complexity index is 477. The van der Waals surface area contributed by atoms with E-state index >= 15 is 0 Å². The van der Waals surface area contributed by atoms with Crippen molar-refractivity contribution < 1.29 is 23.1 Å². The van der Waals surface area contributed by atoms with E-state index in [0.29, 0.717) is 6.07 Å². The molecule has 0 aliphatic rings. The number of carboxylic acids is 1. The lowest BCUT2D eigenvalue weighted by Crippen LogP contribution is -2.23. The molecular formula is C13H16F3NO2S. The number of hydrogen-bond acceptors (Lipinski definition) is 3. The van der Waals surface area contributed by atoms with E-state index in [0.717, 1.165) is 18.2 Å². The predicted octanol–water partition coefficient (Wildman–Crippen LogP) is 3.96. The van der Waals surface area contributed by atoms with Crippen LogP contribution in [0, 0.1) is 0 Å². The SMILES string of the molecule is CCC(CSC)Nc1ccc(C(F)(F)F)cc1C(=O)O. The van der Waals surface area contributed by atoms with E-state index in [-0.39, 0.29) is 17.3 Å². The zero-order valence-electron chi connectivity index (χ0n) is 11.1. The van der Waals surface area contributed by atoms with Crippen molar-refractivity contribution in [3.63, 3.8) is 0 Å². The van der Waals surface area contributed by atoms with E-state index in [1.165, 1.54) is 6.07 Å². The molecule has 0 fully saturated rings. The van der Waals surface area contributed by atoms with Crippen molar-refractivity contribution in [1.82, 2.24) is 0 Å². The highest BCUT2D eigenvalue weighted by atomic mass is 32.2. The van der Waals surface area contributed by atoms with Gasteiger partial charge in [0.25, 0.3) is 0 Å². The second kappa shape index (κ2) is 6.88. The molecule has 1 aromatic rings. The van der Waals surface area contributed by atoms with Gasteiger partial charge in [0.1, 0.15) is 0 Å². The normalized spacial score (nSPS) is 13.1. The van der Waals surface area contributed by atoms with Crippen molar-refractivity contribution >= 4 is 23.4 Å². The number of nitrogens with one attached hydrogen (secondary N) is 1. The van der Waals surface area contributed by atoms with E-state index in [1.807, 2.05) is 13.2 Å². The quantitative estimate of drug-likeness (QED) is 0.835. The van der Waals surface area contributed by atoms with Crippen molar-refractivity contribution in [2.45, 2.75) is 25.6 Å². The lowest BCUT2D eigenvalue weighted by molar-refractivity contribution is -0.137. The zero-order chi connectivity index (χ0) is 15.3. The van der Waals surface area contributed by atoms with Gasteiger partial charge in [-0.15, -0.1) is 0 Å². The van der Waals surface area contributed by atoms with Gasteiger partial charge in [0, 0.05) is 17.5 Å². The molecule has 0 saturated carbocycles. The van der Waals surface area contributed by atoms with E-state index in [4.69, 9.17) is 5.11 Å². The number of aromatic carboxylic acids is 1. The first-order valence-electron chi connectivity index (χ1n) is 5.99.